The van der Waals surface area contributed by atoms with Gasteiger partial charge in [-0.1, -0.05) is 13.8 Å². The molecule has 0 radical (unpaired) electrons. The van der Waals surface area contributed by atoms with Gasteiger partial charge >= 0.3 is 11.6 Å². The summed E-state index contributed by atoms with van der Waals surface area (Å²) in [4.78, 5) is 32.6. The monoisotopic (exact) mass is 392 g/mol. The molecule has 0 N–H and O–H groups in total. The first-order chi connectivity index (χ1) is 13.8. The third-order valence-electron chi connectivity index (χ3n) is 4.81. The summed E-state index contributed by atoms with van der Waals surface area (Å²) in [5.74, 6) is -0.148. The second-order valence-corrected chi connectivity index (χ2v) is 7.26. The minimum Gasteiger partial charge on any atom is -0.455 e. The van der Waals surface area contributed by atoms with Crippen LogP contribution in [0.3, 0.4) is 0 Å². The molecule has 0 bridgehead atoms. The van der Waals surface area contributed by atoms with Crippen LogP contribution < -0.4 is 5.63 Å². The van der Waals surface area contributed by atoms with Gasteiger partial charge in [0.1, 0.15) is 12.2 Å². The van der Waals surface area contributed by atoms with Crippen LogP contribution in [0.5, 0.6) is 0 Å². The highest BCUT2D eigenvalue weighted by atomic mass is 16.5. The van der Waals surface area contributed by atoms with Crippen molar-refractivity contribution in [3.8, 4) is 0 Å². The maximum Gasteiger partial charge on any atom is 0.378 e. The van der Waals surface area contributed by atoms with Crippen LogP contribution in [-0.4, -0.2) is 25.6 Å². The van der Waals surface area contributed by atoms with E-state index in [1.807, 2.05) is 26.0 Å². The van der Waals surface area contributed by atoms with Gasteiger partial charge in [0, 0.05) is 28.9 Å². The predicted molar refractivity (Wildman–Crippen MR) is 106 cm³/mol. The Hall–Kier alpha value is -3.55. The van der Waals surface area contributed by atoms with Crippen LogP contribution >= 0.6 is 0 Å². The van der Waals surface area contributed by atoms with Gasteiger partial charge in [-0.25, -0.2) is 19.1 Å². The number of aromatic nitrogens is 4. The van der Waals surface area contributed by atoms with Gasteiger partial charge in [-0.2, -0.15) is 4.98 Å². The van der Waals surface area contributed by atoms with Crippen molar-refractivity contribution in [1.29, 1.82) is 0 Å². The largest absolute Gasteiger partial charge is 0.455 e. The molecule has 148 valence electrons. The average molecular weight is 392 g/mol. The van der Waals surface area contributed by atoms with Crippen molar-refractivity contribution in [3.63, 3.8) is 0 Å². The molecule has 8 heteroatoms. The molecule has 8 nitrogen and oxygen atoms in total. The number of hydrogen-bond acceptors (Lipinski definition) is 7. The van der Waals surface area contributed by atoms with Gasteiger partial charge < -0.3 is 9.15 Å². The molecule has 0 spiro atoms. The first-order valence-corrected chi connectivity index (χ1v) is 9.26. The van der Waals surface area contributed by atoms with Gasteiger partial charge in [-0.15, -0.1) is 5.10 Å². The Kier molecular flexibility index (Phi) is 4.62. The number of aryl methyl sites for hydroxylation is 2. The Labute approximate surface area is 166 Å². The van der Waals surface area contributed by atoms with E-state index in [9.17, 15) is 9.59 Å². The summed E-state index contributed by atoms with van der Waals surface area (Å²) < 4.78 is 12.2. The van der Waals surface area contributed by atoms with Gasteiger partial charge in [0.2, 0.25) is 0 Å². The van der Waals surface area contributed by atoms with Gasteiger partial charge in [0.25, 0.3) is 11.6 Å². The fourth-order valence-electron chi connectivity index (χ4n) is 3.33. The molecule has 3 aromatic heterocycles. The molecule has 0 saturated carbocycles. The molecular formula is C21H20N4O4. The van der Waals surface area contributed by atoms with Crippen molar-refractivity contribution in [2.75, 3.05) is 0 Å². The lowest BCUT2D eigenvalue weighted by Gasteiger charge is -2.13. The van der Waals surface area contributed by atoms with E-state index in [1.165, 1.54) is 10.6 Å². The number of hydrogen-bond donors (Lipinski definition) is 0. The zero-order valence-electron chi connectivity index (χ0n) is 16.6. The molecule has 0 aliphatic rings. The number of fused-ring (bicyclic) bond motifs is 2. The maximum atomic E-state index is 12.5. The first kappa shape index (κ1) is 18.8. The van der Waals surface area contributed by atoms with Gasteiger partial charge in [-0.3, -0.25) is 0 Å². The lowest BCUT2D eigenvalue weighted by molar-refractivity contribution is 0.0459. The topological polar surface area (TPSA) is 99.6 Å². The smallest absolute Gasteiger partial charge is 0.378 e. The van der Waals surface area contributed by atoms with Crippen LogP contribution in [0.2, 0.25) is 0 Å². The molecule has 1 aromatic carbocycles. The summed E-state index contributed by atoms with van der Waals surface area (Å²) >= 11 is 0. The lowest BCUT2D eigenvalue weighted by atomic mass is 9.95. The number of nitrogens with zero attached hydrogens (tertiary/aromatic N) is 4. The van der Waals surface area contributed by atoms with Gasteiger partial charge in [0.15, 0.2) is 0 Å². The number of benzene rings is 1. The van der Waals surface area contributed by atoms with Crippen LogP contribution in [0.25, 0.3) is 16.7 Å². The average Bonchev–Trinajstić information content (AvgIpc) is 3.10. The van der Waals surface area contributed by atoms with Crippen LogP contribution in [0, 0.1) is 13.8 Å². The first-order valence-electron chi connectivity index (χ1n) is 9.26. The Morgan fingerprint density at radius 2 is 2.03 bits per heavy atom. The van der Waals surface area contributed by atoms with E-state index in [1.54, 1.807) is 12.3 Å². The molecule has 0 amide bonds. The highest BCUT2D eigenvalue weighted by Gasteiger charge is 2.18. The molecule has 0 aliphatic carbocycles. The molecule has 0 aliphatic heterocycles. The molecule has 29 heavy (non-hydrogen) atoms. The Morgan fingerprint density at radius 3 is 2.76 bits per heavy atom. The Morgan fingerprint density at radius 1 is 1.24 bits per heavy atom. The van der Waals surface area contributed by atoms with Crippen molar-refractivity contribution in [2.45, 2.75) is 40.2 Å². The minimum atomic E-state index is -0.688. The van der Waals surface area contributed by atoms with Gasteiger partial charge in [0.05, 0.1) is 0 Å². The van der Waals surface area contributed by atoms with E-state index in [4.69, 9.17) is 9.15 Å². The number of carbonyl (C=O) groups excluding carboxylic acids is 1. The lowest BCUT2D eigenvalue weighted by Crippen LogP contribution is -2.10. The third-order valence-corrected chi connectivity index (χ3v) is 4.81. The molecule has 4 rings (SSSR count). The van der Waals surface area contributed by atoms with E-state index in [0.29, 0.717) is 22.8 Å². The summed E-state index contributed by atoms with van der Waals surface area (Å²) in [6, 6.07) is 6.94. The number of esters is 1. The Balaban J connectivity index is 1.66. The molecule has 0 saturated heterocycles. The predicted octanol–water partition coefficient (Wildman–Crippen LogP) is 3.33. The normalized spacial score (nSPS) is 11.5. The fourth-order valence-corrected chi connectivity index (χ4v) is 3.33. The number of carbonyl (C=O) groups is 1. The van der Waals surface area contributed by atoms with E-state index >= 15 is 0 Å². The Bertz CT molecular complexity index is 1300. The summed E-state index contributed by atoms with van der Waals surface area (Å²) in [6.07, 6.45) is 1.60. The standard InChI is InChI=1S/C21H20N4O4/c1-11(2)15-9-16-14(8-18(26)29-17(16)7-12(15)3)10-28-20(27)19-23-21-22-6-5-13(4)25(21)24-19/h5-9,11H,10H2,1-4H3. The molecule has 0 unspecified atom stereocenters. The fraction of sp³-hybridized carbons (Fsp3) is 0.286. The van der Waals surface area contributed by atoms with Crippen LogP contribution in [0.15, 0.2) is 39.7 Å². The molecule has 0 atom stereocenters. The molecule has 0 fully saturated rings. The minimum absolute atomic E-state index is 0.0854. The quantitative estimate of drug-likeness (QED) is 0.388. The third kappa shape index (κ3) is 3.49. The molecule has 3 heterocycles. The van der Waals surface area contributed by atoms with E-state index in [0.717, 1.165) is 22.2 Å². The van der Waals surface area contributed by atoms with Crippen molar-refractivity contribution in [1.82, 2.24) is 19.6 Å². The SMILES string of the molecule is Cc1cc2oc(=O)cc(COC(=O)c3nc4nccc(C)n4n3)c2cc1C(C)C. The highest BCUT2D eigenvalue weighted by molar-refractivity contribution is 5.86. The number of ether oxygens (including phenoxy) is 1. The van der Waals surface area contributed by atoms with Crippen LogP contribution in [0.4, 0.5) is 0 Å². The van der Waals surface area contributed by atoms with Crippen molar-refractivity contribution in [2.24, 2.45) is 0 Å². The summed E-state index contributed by atoms with van der Waals surface area (Å²) in [7, 11) is 0. The molecular weight excluding hydrogens is 372 g/mol. The van der Waals surface area contributed by atoms with E-state index < -0.39 is 11.6 Å². The zero-order chi connectivity index (χ0) is 20.7. The number of rotatable bonds is 4. The van der Waals surface area contributed by atoms with Crippen molar-refractivity contribution in [3.05, 3.63) is 69.1 Å². The zero-order valence-corrected chi connectivity index (χ0v) is 16.6. The summed E-state index contributed by atoms with van der Waals surface area (Å²) in [5.41, 5.74) is 3.53. The highest BCUT2D eigenvalue weighted by Crippen LogP contribution is 2.27. The summed E-state index contributed by atoms with van der Waals surface area (Å²) in [5, 5.41) is 4.88. The van der Waals surface area contributed by atoms with Crippen molar-refractivity contribution < 1.29 is 13.9 Å². The molecule has 4 aromatic rings. The van der Waals surface area contributed by atoms with E-state index in [-0.39, 0.29) is 12.4 Å². The maximum absolute atomic E-state index is 12.5. The van der Waals surface area contributed by atoms with Crippen LogP contribution in [0.1, 0.15) is 52.8 Å². The summed E-state index contributed by atoms with van der Waals surface area (Å²) in [6.45, 7) is 7.91. The second kappa shape index (κ2) is 7.12. The second-order valence-electron chi connectivity index (χ2n) is 7.26. The van der Waals surface area contributed by atoms with Gasteiger partial charge in [-0.05, 0) is 49.1 Å². The van der Waals surface area contributed by atoms with E-state index in [2.05, 4.69) is 28.9 Å². The van der Waals surface area contributed by atoms with Crippen LogP contribution in [-0.2, 0) is 11.3 Å². The van der Waals surface area contributed by atoms with Crippen molar-refractivity contribution >= 4 is 22.7 Å².